The zero-order valence-corrected chi connectivity index (χ0v) is 8.34. The number of esters is 1. The maximum absolute atomic E-state index is 11.7. The summed E-state index contributed by atoms with van der Waals surface area (Å²) in [6.07, 6.45) is 5.72. The van der Waals surface area contributed by atoms with E-state index in [2.05, 4.69) is 0 Å². The molecule has 76 valence electrons. The third-order valence-electron chi connectivity index (χ3n) is 3.30. The fraction of sp³-hybridized carbons (Fsp3) is 0.636. The Labute approximate surface area is 83.1 Å². The summed E-state index contributed by atoms with van der Waals surface area (Å²) >= 11 is 0. The summed E-state index contributed by atoms with van der Waals surface area (Å²) < 4.78 is 4.81. The molecule has 2 rings (SSSR count). The van der Waals surface area contributed by atoms with Crippen molar-refractivity contribution >= 4 is 11.8 Å². The highest BCUT2D eigenvalue weighted by Gasteiger charge is 2.49. The van der Waals surface area contributed by atoms with Gasteiger partial charge in [0.2, 0.25) is 0 Å². The largest absolute Gasteiger partial charge is 0.468 e. The highest BCUT2D eigenvalue weighted by molar-refractivity contribution is 6.01. The van der Waals surface area contributed by atoms with E-state index < -0.39 is 5.41 Å². The van der Waals surface area contributed by atoms with Gasteiger partial charge in [-0.25, -0.2) is 0 Å². The maximum Gasteiger partial charge on any atom is 0.316 e. The molecule has 3 nitrogen and oxygen atoms in total. The van der Waals surface area contributed by atoms with Gasteiger partial charge in [-0.2, -0.15) is 0 Å². The molecule has 0 radical (unpaired) electrons. The van der Waals surface area contributed by atoms with Gasteiger partial charge < -0.3 is 4.74 Å². The van der Waals surface area contributed by atoms with Crippen LogP contribution in [0.3, 0.4) is 0 Å². The second kappa shape index (κ2) is 3.23. The number of carbonyl (C=O) groups is 2. The van der Waals surface area contributed by atoms with Crippen molar-refractivity contribution in [2.45, 2.75) is 32.1 Å². The van der Waals surface area contributed by atoms with Crippen molar-refractivity contribution in [3.8, 4) is 0 Å². The lowest BCUT2D eigenvalue weighted by Gasteiger charge is -2.32. The van der Waals surface area contributed by atoms with E-state index in [4.69, 9.17) is 4.74 Å². The number of allylic oxidation sites excluding steroid dienone is 1. The smallest absolute Gasteiger partial charge is 0.316 e. The molecule has 0 bridgehead atoms. The van der Waals surface area contributed by atoms with Gasteiger partial charge in [0.05, 0.1) is 12.5 Å². The van der Waals surface area contributed by atoms with E-state index in [1.165, 1.54) is 7.11 Å². The molecule has 0 N–H and O–H groups in total. The molecule has 0 saturated heterocycles. The van der Waals surface area contributed by atoms with E-state index >= 15 is 0 Å². The summed E-state index contributed by atoms with van der Waals surface area (Å²) in [6, 6.07) is 0. The number of carbonyl (C=O) groups excluding carboxylic acids is 2. The number of ether oxygens (including phenoxy) is 1. The first kappa shape index (κ1) is 9.44. The number of rotatable bonds is 1. The Hall–Kier alpha value is -1.12. The number of methoxy groups -OCH3 is 1. The minimum absolute atomic E-state index is 0.0762. The first-order valence-corrected chi connectivity index (χ1v) is 5.01. The number of hydrogen-bond acceptors (Lipinski definition) is 3. The first-order valence-electron chi connectivity index (χ1n) is 5.01. The fourth-order valence-electron chi connectivity index (χ4n) is 2.60. The van der Waals surface area contributed by atoms with Crippen molar-refractivity contribution < 1.29 is 14.3 Å². The quantitative estimate of drug-likeness (QED) is 0.596. The molecular formula is C11H14O3. The van der Waals surface area contributed by atoms with E-state index in [9.17, 15) is 9.59 Å². The van der Waals surface area contributed by atoms with Gasteiger partial charge in [0, 0.05) is 6.42 Å². The van der Waals surface area contributed by atoms with Crippen molar-refractivity contribution in [3.63, 3.8) is 0 Å². The first-order chi connectivity index (χ1) is 6.69. The van der Waals surface area contributed by atoms with Crippen LogP contribution in [0.2, 0.25) is 0 Å². The fourth-order valence-corrected chi connectivity index (χ4v) is 2.60. The number of fused-ring (bicyclic) bond motifs is 1. The summed E-state index contributed by atoms with van der Waals surface area (Å²) in [7, 11) is 1.39. The molecule has 1 saturated carbocycles. The van der Waals surface area contributed by atoms with Crippen LogP contribution in [-0.4, -0.2) is 18.9 Å². The summed E-state index contributed by atoms with van der Waals surface area (Å²) in [6.45, 7) is 0. The number of ketones is 1. The van der Waals surface area contributed by atoms with Gasteiger partial charge in [-0.3, -0.25) is 9.59 Å². The Bertz CT molecular complexity index is 316. The molecule has 0 aliphatic heterocycles. The second-order valence-corrected chi connectivity index (χ2v) is 4.09. The minimum Gasteiger partial charge on any atom is -0.468 e. The van der Waals surface area contributed by atoms with Crippen molar-refractivity contribution in [1.82, 2.24) is 0 Å². The lowest BCUT2D eigenvalue weighted by molar-refractivity contribution is -0.152. The van der Waals surface area contributed by atoms with E-state index in [0.29, 0.717) is 6.42 Å². The molecule has 0 aromatic rings. The maximum atomic E-state index is 11.7. The molecule has 0 aromatic carbocycles. The summed E-state index contributed by atoms with van der Waals surface area (Å²) in [5.41, 5.74) is 0.421. The summed E-state index contributed by atoms with van der Waals surface area (Å²) in [5, 5.41) is 0. The van der Waals surface area contributed by atoms with Gasteiger partial charge in [-0.05, 0) is 30.9 Å². The molecule has 3 heteroatoms. The Morgan fingerprint density at radius 3 is 3.00 bits per heavy atom. The van der Waals surface area contributed by atoms with Gasteiger partial charge in [0.15, 0.2) is 5.78 Å². The Morgan fingerprint density at radius 2 is 2.29 bits per heavy atom. The summed E-state index contributed by atoms with van der Waals surface area (Å²) in [4.78, 5) is 23.1. The highest BCUT2D eigenvalue weighted by atomic mass is 16.5. The molecule has 1 atom stereocenters. The topological polar surface area (TPSA) is 43.4 Å². The third-order valence-corrected chi connectivity index (χ3v) is 3.30. The molecule has 0 spiro atoms. The predicted octanol–water partition coefficient (Wildman–Crippen LogP) is 1.62. The molecule has 0 amide bonds. The van der Waals surface area contributed by atoms with Crippen LogP contribution in [0.1, 0.15) is 32.1 Å². The molecule has 2 aliphatic rings. The average molecular weight is 194 g/mol. The van der Waals surface area contributed by atoms with Crippen LogP contribution in [0, 0.1) is 5.41 Å². The van der Waals surface area contributed by atoms with E-state index in [-0.39, 0.29) is 11.8 Å². The van der Waals surface area contributed by atoms with Gasteiger partial charge in [-0.15, -0.1) is 0 Å². The van der Waals surface area contributed by atoms with Gasteiger partial charge in [-0.1, -0.05) is 6.42 Å². The molecule has 14 heavy (non-hydrogen) atoms. The molecule has 2 aliphatic carbocycles. The van der Waals surface area contributed by atoms with Crippen LogP contribution in [0.5, 0.6) is 0 Å². The average Bonchev–Trinajstić information content (AvgIpc) is 2.53. The molecule has 0 heterocycles. The molecule has 0 aromatic heterocycles. The van der Waals surface area contributed by atoms with E-state index in [1.54, 1.807) is 6.08 Å². The monoisotopic (exact) mass is 194 g/mol. The van der Waals surface area contributed by atoms with E-state index in [1.807, 2.05) is 0 Å². The molecule has 1 fully saturated rings. The Kier molecular flexibility index (Phi) is 2.17. The van der Waals surface area contributed by atoms with Crippen LogP contribution in [0.4, 0.5) is 0 Å². The number of hydrogen-bond donors (Lipinski definition) is 0. The zero-order chi connectivity index (χ0) is 10.2. The molecular weight excluding hydrogens is 180 g/mol. The molecule has 1 unspecified atom stereocenters. The van der Waals surface area contributed by atoms with Crippen molar-refractivity contribution in [3.05, 3.63) is 11.6 Å². The standard InChI is InChI=1S/C11H14O3/c1-14-10(13)11-5-3-2-4-8(11)6-9(12)7-11/h6H,2-5,7H2,1H3. The van der Waals surface area contributed by atoms with Crippen LogP contribution in [0.15, 0.2) is 11.6 Å². The van der Waals surface area contributed by atoms with Crippen molar-refractivity contribution in [2.24, 2.45) is 5.41 Å². The van der Waals surface area contributed by atoms with Crippen LogP contribution in [0.25, 0.3) is 0 Å². The van der Waals surface area contributed by atoms with Crippen LogP contribution >= 0.6 is 0 Å². The van der Waals surface area contributed by atoms with Crippen molar-refractivity contribution in [1.29, 1.82) is 0 Å². The second-order valence-electron chi connectivity index (χ2n) is 4.09. The van der Waals surface area contributed by atoms with Gasteiger partial charge >= 0.3 is 5.97 Å². The van der Waals surface area contributed by atoms with Gasteiger partial charge in [0.25, 0.3) is 0 Å². The van der Waals surface area contributed by atoms with Crippen LogP contribution < -0.4 is 0 Å². The highest BCUT2D eigenvalue weighted by Crippen LogP contribution is 2.48. The van der Waals surface area contributed by atoms with Crippen molar-refractivity contribution in [2.75, 3.05) is 7.11 Å². The SMILES string of the molecule is COC(=O)C12CCCCC1=CC(=O)C2. The predicted molar refractivity (Wildman–Crippen MR) is 50.6 cm³/mol. The van der Waals surface area contributed by atoms with Gasteiger partial charge in [0.1, 0.15) is 0 Å². The third kappa shape index (κ3) is 1.19. The van der Waals surface area contributed by atoms with E-state index in [0.717, 1.165) is 31.3 Å². The normalized spacial score (nSPS) is 30.9. The Morgan fingerprint density at radius 1 is 1.50 bits per heavy atom. The minimum atomic E-state index is -0.579. The van der Waals surface area contributed by atoms with Crippen LogP contribution in [-0.2, 0) is 14.3 Å². The Balaban J connectivity index is 2.35. The summed E-state index contributed by atoms with van der Waals surface area (Å²) in [5.74, 6) is -0.151. The lowest BCUT2D eigenvalue weighted by atomic mass is 9.71. The lowest BCUT2D eigenvalue weighted by Crippen LogP contribution is -2.34. The zero-order valence-electron chi connectivity index (χ0n) is 8.34.